The number of hydrogen-bond donors (Lipinski definition) is 1. The highest BCUT2D eigenvalue weighted by Crippen LogP contribution is 2.33. The van der Waals surface area contributed by atoms with Crippen LogP contribution in [-0.4, -0.2) is 27.6 Å². The largest absolute Gasteiger partial charge is 0.326 e. The van der Waals surface area contributed by atoms with Gasteiger partial charge in [-0.3, -0.25) is 14.5 Å². The number of nitrogens with one attached hydrogen (secondary N) is 1. The van der Waals surface area contributed by atoms with E-state index in [1.165, 1.54) is 41.3 Å². The Morgan fingerprint density at radius 3 is 2.57 bits per heavy atom. The highest BCUT2D eigenvalue weighted by Gasteiger charge is 2.31. The van der Waals surface area contributed by atoms with Crippen LogP contribution in [0, 0.1) is 11.6 Å². The lowest BCUT2D eigenvalue weighted by atomic mass is 10.2. The second-order valence-corrected chi connectivity index (χ2v) is 7.69. The van der Waals surface area contributed by atoms with Gasteiger partial charge in [-0.15, -0.1) is 0 Å². The minimum absolute atomic E-state index is 0.181. The van der Waals surface area contributed by atoms with Crippen LogP contribution in [0.15, 0.2) is 53.4 Å². The molecular weight excluding hydrogens is 402 g/mol. The number of amides is 2. The predicted octanol–water partition coefficient (Wildman–Crippen LogP) is 4.58. The number of thiocarbonyl (C=S) groups is 1. The van der Waals surface area contributed by atoms with Gasteiger partial charge in [-0.2, -0.15) is 0 Å². The SMILES string of the molecule is O=C(CCCN1C(=O)/C(=C/c2ccccc2F)SC1=S)Nc1ccc(F)cc1. The van der Waals surface area contributed by atoms with E-state index in [1.54, 1.807) is 18.2 Å². The summed E-state index contributed by atoms with van der Waals surface area (Å²) in [5, 5.41) is 2.66. The van der Waals surface area contributed by atoms with Gasteiger partial charge in [0.05, 0.1) is 4.91 Å². The number of rotatable bonds is 6. The maximum atomic E-state index is 13.8. The third-order valence-electron chi connectivity index (χ3n) is 3.98. The zero-order valence-electron chi connectivity index (χ0n) is 14.7. The Labute approximate surface area is 170 Å². The van der Waals surface area contributed by atoms with E-state index in [1.807, 2.05) is 0 Å². The molecule has 0 aromatic heterocycles. The summed E-state index contributed by atoms with van der Waals surface area (Å²) in [5.41, 5.74) is 0.825. The molecule has 0 radical (unpaired) electrons. The number of carbonyl (C=O) groups excluding carboxylic acids is 2. The minimum Gasteiger partial charge on any atom is -0.326 e. The molecule has 1 aliphatic heterocycles. The molecule has 0 aliphatic carbocycles. The summed E-state index contributed by atoms with van der Waals surface area (Å²) in [6, 6.07) is 11.7. The maximum Gasteiger partial charge on any atom is 0.266 e. The molecule has 4 nitrogen and oxygen atoms in total. The monoisotopic (exact) mass is 418 g/mol. The van der Waals surface area contributed by atoms with Crippen molar-refractivity contribution in [3.63, 3.8) is 0 Å². The standard InChI is InChI=1S/C20H16F2N2O2S2/c21-14-7-9-15(10-8-14)23-18(25)6-3-11-24-19(26)17(28-20(24)27)12-13-4-1-2-5-16(13)22/h1-2,4-5,7-10,12H,3,6,11H2,(H,23,25)/b17-12-. The van der Waals surface area contributed by atoms with Gasteiger partial charge in [-0.25, -0.2) is 8.78 Å². The first-order chi connectivity index (χ1) is 13.4. The molecule has 0 bridgehead atoms. The molecule has 1 aliphatic rings. The quantitative estimate of drug-likeness (QED) is 0.551. The Morgan fingerprint density at radius 1 is 1.14 bits per heavy atom. The number of thioether (sulfide) groups is 1. The van der Waals surface area contributed by atoms with E-state index >= 15 is 0 Å². The molecule has 0 atom stereocenters. The fraction of sp³-hybridized carbons (Fsp3) is 0.150. The molecular formula is C20H16F2N2O2S2. The fourth-order valence-corrected chi connectivity index (χ4v) is 3.88. The second-order valence-electron chi connectivity index (χ2n) is 6.01. The Bertz CT molecular complexity index is 945. The summed E-state index contributed by atoms with van der Waals surface area (Å²) in [5.74, 6) is -1.32. The van der Waals surface area contributed by atoms with Gasteiger partial charge < -0.3 is 5.32 Å². The topological polar surface area (TPSA) is 49.4 Å². The Balaban J connectivity index is 1.54. The van der Waals surface area contributed by atoms with E-state index in [-0.39, 0.29) is 30.6 Å². The Morgan fingerprint density at radius 2 is 1.86 bits per heavy atom. The first-order valence-corrected chi connectivity index (χ1v) is 9.72. The molecule has 8 heteroatoms. The van der Waals surface area contributed by atoms with E-state index in [2.05, 4.69) is 5.32 Å². The van der Waals surface area contributed by atoms with Crippen LogP contribution in [-0.2, 0) is 9.59 Å². The number of benzene rings is 2. The molecule has 2 aromatic carbocycles. The van der Waals surface area contributed by atoms with Crippen LogP contribution in [0.3, 0.4) is 0 Å². The van der Waals surface area contributed by atoms with E-state index in [9.17, 15) is 18.4 Å². The molecule has 1 N–H and O–H groups in total. The average molecular weight is 418 g/mol. The van der Waals surface area contributed by atoms with Gasteiger partial charge >= 0.3 is 0 Å². The summed E-state index contributed by atoms with van der Waals surface area (Å²) < 4.78 is 27.0. The van der Waals surface area contributed by atoms with Gasteiger partial charge in [-0.05, 0) is 42.8 Å². The fourth-order valence-electron chi connectivity index (χ4n) is 2.58. The normalized spacial score (nSPS) is 15.4. The van der Waals surface area contributed by atoms with Crippen molar-refractivity contribution in [3.05, 3.63) is 70.6 Å². The molecule has 3 rings (SSSR count). The summed E-state index contributed by atoms with van der Waals surface area (Å²) in [6.45, 7) is 0.288. The zero-order chi connectivity index (χ0) is 20.1. The van der Waals surface area contributed by atoms with Crippen molar-refractivity contribution < 1.29 is 18.4 Å². The van der Waals surface area contributed by atoms with Crippen LogP contribution in [0.1, 0.15) is 18.4 Å². The van der Waals surface area contributed by atoms with Crippen molar-refractivity contribution in [1.82, 2.24) is 4.90 Å². The van der Waals surface area contributed by atoms with Crippen molar-refractivity contribution in [2.24, 2.45) is 0 Å². The number of carbonyl (C=O) groups is 2. The lowest BCUT2D eigenvalue weighted by Gasteiger charge is -2.14. The van der Waals surface area contributed by atoms with E-state index in [4.69, 9.17) is 12.2 Å². The minimum atomic E-state index is -0.412. The smallest absolute Gasteiger partial charge is 0.266 e. The zero-order valence-corrected chi connectivity index (χ0v) is 16.3. The molecule has 0 saturated carbocycles. The third-order valence-corrected chi connectivity index (χ3v) is 5.36. The highest BCUT2D eigenvalue weighted by atomic mass is 32.2. The first-order valence-electron chi connectivity index (χ1n) is 8.49. The number of nitrogens with zero attached hydrogens (tertiary/aromatic N) is 1. The molecule has 0 unspecified atom stereocenters. The lowest BCUT2D eigenvalue weighted by Crippen LogP contribution is -2.29. The van der Waals surface area contributed by atoms with Gasteiger partial charge in [0.2, 0.25) is 5.91 Å². The van der Waals surface area contributed by atoms with Gasteiger partial charge in [0.15, 0.2) is 0 Å². The van der Waals surface area contributed by atoms with Crippen molar-refractivity contribution >= 4 is 51.9 Å². The van der Waals surface area contributed by atoms with E-state index in [0.717, 1.165) is 11.8 Å². The lowest BCUT2D eigenvalue weighted by molar-refractivity contribution is -0.122. The van der Waals surface area contributed by atoms with Crippen LogP contribution < -0.4 is 5.32 Å². The highest BCUT2D eigenvalue weighted by molar-refractivity contribution is 8.26. The summed E-state index contributed by atoms with van der Waals surface area (Å²) in [4.78, 5) is 26.3. The Kier molecular flexibility index (Phi) is 6.53. The van der Waals surface area contributed by atoms with Crippen LogP contribution in [0.4, 0.5) is 14.5 Å². The number of anilines is 1. The third kappa shape index (κ3) is 5.02. The van der Waals surface area contributed by atoms with Crippen molar-refractivity contribution in [2.45, 2.75) is 12.8 Å². The van der Waals surface area contributed by atoms with Crippen LogP contribution in [0.25, 0.3) is 6.08 Å². The molecule has 1 fully saturated rings. The van der Waals surface area contributed by atoms with Crippen molar-refractivity contribution in [2.75, 3.05) is 11.9 Å². The maximum absolute atomic E-state index is 13.8. The van der Waals surface area contributed by atoms with Crippen LogP contribution in [0.5, 0.6) is 0 Å². The summed E-state index contributed by atoms with van der Waals surface area (Å²) in [7, 11) is 0. The molecule has 1 saturated heterocycles. The van der Waals surface area contributed by atoms with E-state index in [0.29, 0.717) is 26.9 Å². The van der Waals surface area contributed by atoms with Gasteiger partial charge in [0, 0.05) is 24.2 Å². The molecule has 2 aromatic rings. The average Bonchev–Trinajstić information content (AvgIpc) is 2.93. The van der Waals surface area contributed by atoms with Crippen LogP contribution >= 0.6 is 24.0 Å². The summed E-state index contributed by atoms with van der Waals surface area (Å²) in [6.07, 6.45) is 2.07. The number of halogens is 2. The molecule has 144 valence electrons. The van der Waals surface area contributed by atoms with Gasteiger partial charge in [-0.1, -0.05) is 42.2 Å². The molecule has 0 spiro atoms. The Hall–Kier alpha value is -2.58. The second kappa shape index (κ2) is 9.07. The molecule has 2 amide bonds. The first kappa shape index (κ1) is 20.2. The van der Waals surface area contributed by atoms with E-state index < -0.39 is 5.82 Å². The van der Waals surface area contributed by atoms with Crippen molar-refractivity contribution in [3.8, 4) is 0 Å². The molecule has 28 heavy (non-hydrogen) atoms. The van der Waals surface area contributed by atoms with Crippen molar-refractivity contribution in [1.29, 1.82) is 0 Å². The summed E-state index contributed by atoms with van der Waals surface area (Å²) >= 11 is 6.35. The number of hydrogen-bond acceptors (Lipinski definition) is 4. The predicted molar refractivity (Wildman–Crippen MR) is 111 cm³/mol. The molecule has 1 heterocycles. The van der Waals surface area contributed by atoms with Crippen LogP contribution in [0.2, 0.25) is 0 Å². The van der Waals surface area contributed by atoms with Gasteiger partial charge in [0.1, 0.15) is 16.0 Å². The van der Waals surface area contributed by atoms with Gasteiger partial charge in [0.25, 0.3) is 5.91 Å².